The Kier molecular flexibility index (Phi) is 4.02. The first-order valence-electron chi connectivity index (χ1n) is 5.18. The number of hydrogen-bond donors (Lipinski definition) is 1. The van der Waals surface area contributed by atoms with Crippen molar-refractivity contribution in [1.29, 1.82) is 0 Å². The summed E-state index contributed by atoms with van der Waals surface area (Å²) in [6, 6.07) is 0.735. The Labute approximate surface area is 76.3 Å². The van der Waals surface area contributed by atoms with Crippen molar-refractivity contribution in [2.45, 2.75) is 32.7 Å². The van der Waals surface area contributed by atoms with Crippen LogP contribution in [0.25, 0.3) is 0 Å². The molecule has 2 unspecified atom stereocenters. The number of rotatable bonds is 3. The molecule has 0 bridgehead atoms. The lowest BCUT2D eigenvalue weighted by molar-refractivity contribution is 0.167. The molecule has 2 nitrogen and oxygen atoms in total. The van der Waals surface area contributed by atoms with Gasteiger partial charge in [0.05, 0.1) is 0 Å². The van der Waals surface area contributed by atoms with Gasteiger partial charge >= 0.3 is 0 Å². The summed E-state index contributed by atoms with van der Waals surface area (Å²) in [5, 5.41) is 3.54. The highest BCUT2D eigenvalue weighted by molar-refractivity contribution is 4.80. The monoisotopic (exact) mass is 170 g/mol. The number of nitrogens with zero attached hydrogens (tertiary/aromatic N) is 1. The summed E-state index contributed by atoms with van der Waals surface area (Å²) in [4.78, 5) is 2.45. The maximum Gasteiger partial charge on any atom is 0.0197 e. The molecule has 12 heavy (non-hydrogen) atoms. The van der Waals surface area contributed by atoms with Crippen molar-refractivity contribution in [3.8, 4) is 0 Å². The average molecular weight is 170 g/mol. The standard InChI is InChI=1S/C10H22N2/c1-4-9-6-10(11-5-2)8-12(3)7-9/h9-11H,4-8H2,1-3H3. The van der Waals surface area contributed by atoms with Crippen LogP contribution < -0.4 is 5.32 Å². The molecule has 0 aliphatic carbocycles. The maximum atomic E-state index is 3.54. The summed E-state index contributed by atoms with van der Waals surface area (Å²) >= 11 is 0. The molecule has 72 valence electrons. The Bertz CT molecular complexity index is 125. The fourth-order valence-electron chi connectivity index (χ4n) is 2.18. The summed E-state index contributed by atoms with van der Waals surface area (Å²) in [6.45, 7) is 8.11. The van der Waals surface area contributed by atoms with Crippen LogP contribution in [0.1, 0.15) is 26.7 Å². The molecule has 2 heteroatoms. The Balaban J connectivity index is 2.34. The molecule has 0 spiro atoms. The lowest BCUT2D eigenvalue weighted by Gasteiger charge is -2.35. The van der Waals surface area contributed by atoms with Crippen LogP contribution in [0.4, 0.5) is 0 Å². The van der Waals surface area contributed by atoms with Gasteiger partial charge in [-0.2, -0.15) is 0 Å². The Morgan fingerprint density at radius 1 is 1.33 bits per heavy atom. The lowest BCUT2D eigenvalue weighted by atomic mass is 9.92. The number of nitrogens with one attached hydrogen (secondary N) is 1. The second-order valence-corrected chi connectivity index (χ2v) is 3.99. The van der Waals surface area contributed by atoms with Crippen LogP contribution >= 0.6 is 0 Å². The first kappa shape index (κ1) is 10.0. The first-order chi connectivity index (χ1) is 5.76. The van der Waals surface area contributed by atoms with E-state index in [0.29, 0.717) is 0 Å². The van der Waals surface area contributed by atoms with E-state index in [1.807, 2.05) is 0 Å². The summed E-state index contributed by atoms with van der Waals surface area (Å²) in [6.07, 6.45) is 2.70. The van der Waals surface area contributed by atoms with Gasteiger partial charge in [-0.05, 0) is 25.9 Å². The molecule has 0 radical (unpaired) electrons. The van der Waals surface area contributed by atoms with Crippen LogP contribution in [0.3, 0.4) is 0 Å². The molecule has 0 aromatic carbocycles. The van der Waals surface area contributed by atoms with Crippen LogP contribution in [0.5, 0.6) is 0 Å². The maximum absolute atomic E-state index is 3.54. The van der Waals surface area contributed by atoms with Crippen LogP contribution in [-0.4, -0.2) is 37.6 Å². The van der Waals surface area contributed by atoms with Gasteiger partial charge in [0.2, 0.25) is 0 Å². The smallest absolute Gasteiger partial charge is 0.0197 e. The Hall–Kier alpha value is -0.0800. The van der Waals surface area contributed by atoms with Crippen LogP contribution in [-0.2, 0) is 0 Å². The van der Waals surface area contributed by atoms with E-state index in [1.54, 1.807) is 0 Å². The highest BCUT2D eigenvalue weighted by Crippen LogP contribution is 2.18. The van der Waals surface area contributed by atoms with Gasteiger partial charge < -0.3 is 10.2 Å². The minimum Gasteiger partial charge on any atom is -0.313 e. The summed E-state index contributed by atoms with van der Waals surface area (Å²) in [5.74, 6) is 0.910. The van der Waals surface area contributed by atoms with Gasteiger partial charge in [0.25, 0.3) is 0 Å². The molecule has 0 amide bonds. The van der Waals surface area contributed by atoms with E-state index in [4.69, 9.17) is 0 Å². The van der Waals surface area contributed by atoms with Crippen LogP contribution in [0.15, 0.2) is 0 Å². The van der Waals surface area contributed by atoms with Gasteiger partial charge in [-0.1, -0.05) is 20.3 Å². The zero-order valence-corrected chi connectivity index (χ0v) is 8.64. The van der Waals surface area contributed by atoms with E-state index in [-0.39, 0.29) is 0 Å². The molecule has 1 fully saturated rings. The topological polar surface area (TPSA) is 15.3 Å². The molecular weight excluding hydrogens is 148 g/mol. The Morgan fingerprint density at radius 2 is 2.08 bits per heavy atom. The zero-order valence-electron chi connectivity index (χ0n) is 8.64. The van der Waals surface area contributed by atoms with Crippen molar-refractivity contribution >= 4 is 0 Å². The van der Waals surface area contributed by atoms with Gasteiger partial charge in [0.15, 0.2) is 0 Å². The molecular formula is C10H22N2. The SMILES string of the molecule is CCNC1CC(CC)CN(C)C1. The second kappa shape index (κ2) is 4.83. The second-order valence-electron chi connectivity index (χ2n) is 3.99. The molecule has 0 aromatic heterocycles. The van der Waals surface area contributed by atoms with Gasteiger partial charge in [-0.25, -0.2) is 0 Å². The van der Waals surface area contributed by atoms with E-state index < -0.39 is 0 Å². The highest BCUT2D eigenvalue weighted by Gasteiger charge is 2.22. The van der Waals surface area contributed by atoms with E-state index in [9.17, 15) is 0 Å². The third kappa shape index (κ3) is 2.76. The number of hydrogen-bond acceptors (Lipinski definition) is 2. The molecule has 1 N–H and O–H groups in total. The fraction of sp³-hybridized carbons (Fsp3) is 1.00. The molecule has 0 aromatic rings. The van der Waals surface area contributed by atoms with Crippen molar-refractivity contribution in [1.82, 2.24) is 10.2 Å². The molecule has 1 saturated heterocycles. The molecule has 1 aliphatic rings. The van der Waals surface area contributed by atoms with E-state index in [2.05, 4.69) is 31.1 Å². The van der Waals surface area contributed by atoms with Gasteiger partial charge in [0.1, 0.15) is 0 Å². The minimum absolute atomic E-state index is 0.735. The quantitative estimate of drug-likeness (QED) is 0.687. The predicted molar refractivity (Wildman–Crippen MR) is 53.4 cm³/mol. The molecule has 0 saturated carbocycles. The van der Waals surface area contributed by atoms with Crippen molar-refractivity contribution in [2.75, 3.05) is 26.7 Å². The fourth-order valence-corrected chi connectivity index (χ4v) is 2.18. The largest absolute Gasteiger partial charge is 0.313 e. The van der Waals surface area contributed by atoms with Crippen LogP contribution in [0.2, 0.25) is 0 Å². The number of piperidine rings is 1. The minimum atomic E-state index is 0.735. The van der Waals surface area contributed by atoms with E-state index in [0.717, 1.165) is 18.5 Å². The van der Waals surface area contributed by atoms with Crippen molar-refractivity contribution < 1.29 is 0 Å². The van der Waals surface area contributed by atoms with Crippen LogP contribution in [0, 0.1) is 5.92 Å². The molecule has 1 aliphatic heterocycles. The number of likely N-dealkylation sites (N-methyl/N-ethyl adjacent to an activating group) is 2. The van der Waals surface area contributed by atoms with E-state index in [1.165, 1.54) is 25.9 Å². The Morgan fingerprint density at radius 3 is 2.67 bits per heavy atom. The molecule has 1 rings (SSSR count). The summed E-state index contributed by atoms with van der Waals surface area (Å²) in [5.41, 5.74) is 0. The highest BCUT2D eigenvalue weighted by atomic mass is 15.1. The first-order valence-corrected chi connectivity index (χ1v) is 5.18. The number of likely N-dealkylation sites (tertiary alicyclic amines) is 1. The summed E-state index contributed by atoms with van der Waals surface area (Å²) < 4.78 is 0. The zero-order chi connectivity index (χ0) is 8.97. The van der Waals surface area contributed by atoms with E-state index >= 15 is 0 Å². The van der Waals surface area contributed by atoms with Crippen molar-refractivity contribution in [3.63, 3.8) is 0 Å². The third-order valence-electron chi connectivity index (χ3n) is 2.79. The third-order valence-corrected chi connectivity index (χ3v) is 2.79. The normalized spacial score (nSPS) is 32.2. The van der Waals surface area contributed by atoms with Crippen molar-refractivity contribution in [2.24, 2.45) is 5.92 Å². The van der Waals surface area contributed by atoms with Gasteiger partial charge in [-0.15, -0.1) is 0 Å². The molecule has 1 heterocycles. The predicted octanol–water partition coefficient (Wildman–Crippen LogP) is 1.33. The summed E-state index contributed by atoms with van der Waals surface area (Å²) in [7, 11) is 2.23. The average Bonchev–Trinajstić information content (AvgIpc) is 2.04. The molecule has 2 atom stereocenters. The van der Waals surface area contributed by atoms with Gasteiger partial charge in [0, 0.05) is 19.1 Å². The van der Waals surface area contributed by atoms with Crippen molar-refractivity contribution in [3.05, 3.63) is 0 Å². The van der Waals surface area contributed by atoms with Gasteiger partial charge in [-0.3, -0.25) is 0 Å². The lowest BCUT2D eigenvalue weighted by Crippen LogP contribution is -2.47.